The molecule has 2 atom stereocenters. The van der Waals surface area contributed by atoms with Crippen LogP contribution in [0.2, 0.25) is 0 Å². The first-order valence-corrected chi connectivity index (χ1v) is 9.11. The molecule has 0 spiro atoms. The molecule has 2 aromatic carbocycles. The highest BCUT2D eigenvalue weighted by molar-refractivity contribution is 5.94. The zero-order chi connectivity index (χ0) is 19.4. The number of hydrogen-bond acceptors (Lipinski definition) is 3. The lowest BCUT2D eigenvalue weighted by molar-refractivity contribution is -0.137. The molecule has 27 heavy (non-hydrogen) atoms. The molecule has 2 aromatic rings. The molecule has 0 bridgehead atoms. The van der Waals surface area contributed by atoms with E-state index < -0.39 is 0 Å². The highest BCUT2D eigenvalue weighted by Crippen LogP contribution is 2.22. The largest absolute Gasteiger partial charge is 0.339 e. The van der Waals surface area contributed by atoms with Gasteiger partial charge < -0.3 is 15.5 Å². The van der Waals surface area contributed by atoms with Gasteiger partial charge in [0, 0.05) is 37.8 Å². The Balaban J connectivity index is 1.57. The van der Waals surface area contributed by atoms with Gasteiger partial charge in [0.05, 0.1) is 5.92 Å². The minimum atomic E-state index is -0.370. The van der Waals surface area contributed by atoms with Crippen LogP contribution >= 0.6 is 0 Å². The zero-order valence-corrected chi connectivity index (χ0v) is 15.3. The van der Waals surface area contributed by atoms with Crippen molar-refractivity contribution >= 4 is 11.8 Å². The topological polar surface area (TPSA) is 66.6 Å². The maximum Gasteiger partial charge on any atom is 0.253 e. The van der Waals surface area contributed by atoms with E-state index in [4.69, 9.17) is 5.73 Å². The molecule has 5 nitrogen and oxygen atoms in total. The van der Waals surface area contributed by atoms with Gasteiger partial charge in [0.15, 0.2) is 0 Å². The summed E-state index contributed by atoms with van der Waals surface area (Å²) in [5.41, 5.74) is 7.66. The average Bonchev–Trinajstić information content (AvgIpc) is 2.73. The number of benzene rings is 2. The molecule has 2 amide bonds. The Morgan fingerprint density at radius 3 is 2.07 bits per heavy atom. The summed E-state index contributed by atoms with van der Waals surface area (Å²) >= 11 is 0. The first-order chi connectivity index (χ1) is 13.0. The van der Waals surface area contributed by atoms with Gasteiger partial charge in [0.1, 0.15) is 5.82 Å². The molecule has 0 saturated carbocycles. The van der Waals surface area contributed by atoms with Crippen LogP contribution in [0.25, 0.3) is 0 Å². The lowest BCUT2D eigenvalue weighted by atomic mass is 9.94. The van der Waals surface area contributed by atoms with Crippen molar-refractivity contribution in [3.05, 3.63) is 71.5 Å². The van der Waals surface area contributed by atoms with Gasteiger partial charge in [0.2, 0.25) is 5.91 Å². The maximum atomic E-state index is 13.0. The summed E-state index contributed by atoms with van der Waals surface area (Å²) in [4.78, 5) is 28.8. The maximum absolute atomic E-state index is 13.0. The lowest BCUT2D eigenvalue weighted by Crippen LogP contribution is -2.52. The fourth-order valence-electron chi connectivity index (χ4n) is 3.31. The zero-order valence-electron chi connectivity index (χ0n) is 15.3. The number of rotatable bonds is 4. The van der Waals surface area contributed by atoms with E-state index in [1.165, 1.54) is 24.3 Å². The second-order valence-corrected chi connectivity index (χ2v) is 6.85. The minimum Gasteiger partial charge on any atom is -0.339 e. The van der Waals surface area contributed by atoms with Crippen LogP contribution in [-0.2, 0) is 4.79 Å². The molecular formula is C21H24FN3O2. The number of halogens is 1. The standard InChI is InChI=1S/C21H24FN3O2/c1-15(19(23)16-5-3-2-4-6-16)20(26)24-11-13-25(14-12-24)21(27)17-7-9-18(22)10-8-17/h2-10,15,19H,11-14,23H2,1H3. The number of hydrogen-bond donors (Lipinski definition) is 1. The van der Waals surface area contributed by atoms with Crippen molar-refractivity contribution in [1.29, 1.82) is 0 Å². The van der Waals surface area contributed by atoms with E-state index >= 15 is 0 Å². The van der Waals surface area contributed by atoms with Gasteiger partial charge >= 0.3 is 0 Å². The van der Waals surface area contributed by atoms with Crippen LogP contribution in [0.1, 0.15) is 28.9 Å². The van der Waals surface area contributed by atoms with Crippen molar-refractivity contribution in [2.24, 2.45) is 11.7 Å². The number of nitrogens with two attached hydrogens (primary N) is 1. The van der Waals surface area contributed by atoms with Crippen LogP contribution in [0.15, 0.2) is 54.6 Å². The normalized spacial score (nSPS) is 16.7. The third kappa shape index (κ3) is 4.34. The van der Waals surface area contributed by atoms with Gasteiger partial charge in [-0.25, -0.2) is 4.39 Å². The molecule has 1 aliphatic heterocycles. The van der Waals surface area contributed by atoms with Crippen LogP contribution in [0, 0.1) is 11.7 Å². The van der Waals surface area contributed by atoms with Gasteiger partial charge in [-0.3, -0.25) is 9.59 Å². The third-order valence-electron chi connectivity index (χ3n) is 5.08. The summed E-state index contributed by atoms with van der Waals surface area (Å²) < 4.78 is 13.0. The van der Waals surface area contributed by atoms with Crippen molar-refractivity contribution < 1.29 is 14.0 Å². The van der Waals surface area contributed by atoms with Gasteiger partial charge in [-0.1, -0.05) is 37.3 Å². The Labute approximate surface area is 158 Å². The van der Waals surface area contributed by atoms with E-state index in [9.17, 15) is 14.0 Å². The Hall–Kier alpha value is -2.73. The first-order valence-electron chi connectivity index (χ1n) is 9.11. The first kappa shape index (κ1) is 19.0. The van der Waals surface area contributed by atoms with E-state index in [-0.39, 0.29) is 29.6 Å². The highest BCUT2D eigenvalue weighted by Gasteiger charge is 2.30. The molecule has 0 radical (unpaired) electrons. The molecule has 2 N–H and O–H groups in total. The van der Waals surface area contributed by atoms with Gasteiger partial charge in [-0.15, -0.1) is 0 Å². The summed E-state index contributed by atoms with van der Waals surface area (Å²) in [7, 11) is 0. The fourth-order valence-corrected chi connectivity index (χ4v) is 3.31. The van der Waals surface area contributed by atoms with Crippen LogP contribution in [0.4, 0.5) is 4.39 Å². The van der Waals surface area contributed by atoms with Crippen LogP contribution in [-0.4, -0.2) is 47.8 Å². The predicted octanol–water partition coefficient (Wildman–Crippen LogP) is 2.45. The van der Waals surface area contributed by atoms with Crippen molar-refractivity contribution in [1.82, 2.24) is 9.80 Å². The Bertz CT molecular complexity index is 787. The molecule has 1 aliphatic rings. The number of nitrogens with zero attached hydrogens (tertiary/aromatic N) is 2. The monoisotopic (exact) mass is 369 g/mol. The van der Waals surface area contributed by atoms with Crippen LogP contribution in [0.3, 0.4) is 0 Å². The predicted molar refractivity (Wildman–Crippen MR) is 101 cm³/mol. The summed E-state index contributed by atoms with van der Waals surface area (Å²) in [5, 5.41) is 0. The van der Waals surface area contributed by atoms with Crippen molar-refractivity contribution in [2.75, 3.05) is 26.2 Å². The summed E-state index contributed by atoms with van der Waals surface area (Å²) in [6.07, 6.45) is 0. The number of amides is 2. The molecule has 6 heteroatoms. The molecule has 1 saturated heterocycles. The number of carbonyl (C=O) groups is 2. The summed E-state index contributed by atoms with van der Waals surface area (Å²) in [6, 6.07) is 14.7. The van der Waals surface area contributed by atoms with Gasteiger partial charge in [-0.05, 0) is 29.8 Å². The van der Waals surface area contributed by atoms with E-state index in [2.05, 4.69) is 0 Å². The minimum absolute atomic E-state index is 0.000217. The average molecular weight is 369 g/mol. The van der Waals surface area contributed by atoms with E-state index in [1.807, 2.05) is 37.3 Å². The van der Waals surface area contributed by atoms with Gasteiger partial charge in [-0.2, -0.15) is 0 Å². The Morgan fingerprint density at radius 1 is 0.926 bits per heavy atom. The summed E-state index contributed by atoms with van der Waals surface area (Å²) in [6.45, 7) is 3.69. The van der Waals surface area contributed by atoms with Crippen molar-refractivity contribution in [3.8, 4) is 0 Å². The van der Waals surface area contributed by atoms with E-state index in [0.29, 0.717) is 31.7 Å². The van der Waals surface area contributed by atoms with Crippen LogP contribution in [0.5, 0.6) is 0 Å². The molecule has 1 heterocycles. The Morgan fingerprint density at radius 2 is 1.48 bits per heavy atom. The number of piperazine rings is 1. The van der Waals surface area contributed by atoms with E-state index in [0.717, 1.165) is 5.56 Å². The number of carbonyl (C=O) groups excluding carboxylic acids is 2. The fraction of sp³-hybridized carbons (Fsp3) is 0.333. The molecule has 142 valence electrons. The molecule has 3 rings (SSSR count). The van der Waals surface area contributed by atoms with Crippen molar-refractivity contribution in [2.45, 2.75) is 13.0 Å². The Kier molecular flexibility index (Phi) is 5.86. The molecule has 0 aromatic heterocycles. The highest BCUT2D eigenvalue weighted by atomic mass is 19.1. The molecule has 1 fully saturated rings. The van der Waals surface area contributed by atoms with Crippen LogP contribution < -0.4 is 5.73 Å². The molecule has 2 unspecified atom stereocenters. The SMILES string of the molecule is CC(C(=O)N1CCN(C(=O)c2ccc(F)cc2)CC1)C(N)c1ccccc1. The second-order valence-electron chi connectivity index (χ2n) is 6.85. The van der Waals surface area contributed by atoms with E-state index in [1.54, 1.807) is 9.80 Å². The summed E-state index contributed by atoms with van der Waals surface area (Å²) in [5.74, 6) is -0.853. The molecular weight excluding hydrogens is 345 g/mol. The van der Waals surface area contributed by atoms with Gasteiger partial charge in [0.25, 0.3) is 5.91 Å². The second kappa shape index (κ2) is 8.31. The third-order valence-corrected chi connectivity index (χ3v) is 5.08. The smallest absolute Gasteiger partial charge is 0.253 e. The quantitative estimate of drug-likeness (QED) is 0.900. The molecule has 0 aliphatic carbocycles. The lowest BCUT2D eigenvalue weighted by Gasteiger charge is -2.37. The van der Waals surface area contributed by atoms with Crippen molar-refractivity contribution in [3.63, 3.8) is 0 Å².